The van der Waals surface area contributed by atoms with E-state index in [1.165, 1.54) is 116 Å². The van der Waals surface area contributed by atoms with Crippen molar-refractivity contribution in [1.82, 2.24) is 0 Å². The van der Waals surface area contributed by atoms with Crippen LogP contribution in [0.3, 0.4) is 0 Å². The second kappa shape index (κ2) is 47.3. The minimum Gasteiger partial charge on any atom is -0.460 e. The summed E-state index contributed by atoms with van der Waals surface area (Å²) in [4.78, 5) is 25.9. The smallest absolute Gasteiger partial charge is 0.339 e. The van der Waals surface area contributed by atoms with Gasteiger partial charge in [-0.3, -0.25) is 0 Å². The van der Waals surface area contributed by atoms with Crippen LogP contribution in [0.2, 0.25) is 0 Å². The molecular formula is C52H94O12. The van der Waals surface area contributed by atoms with Crippen molar-refractivity contribution in [2.75, 3.05) is 92.5 Å². The maximum absolute atomic E-state index is 12.9. The van der Waals surface area contributed by atoms with Gasteiger partial charge in [-0.2, -0.15) is 0 Å². The van der Waals surface area contributed by atoms with E-state index in [0.717, 1.165) is 38.5 Å². The van der Waals surface area contributed by atoms with Crippen LogP contribution >= 0.6 is 0 Å². The lowest BCUT2D eigenvalue weighted by molar-refractivity contribution is -0.179. The van der Waals surface area contributed by atoms with E-state index in [-0.39, 0.29) is 37.6 Å². The molecule has 1 rings (SSSR count). The first kappa shape index (κ1) is 59.9. The van der Waals surface area contributed by atoms with E-state index in [1.807, 2.05) is 0 Å². The zero-order valence-corrected chi connectivity index (χ0v) is 41.2. The Balaban J connectivity index is 2.37. The van der Waals surface area contributed by atoms with Gasteiger partial charge in [-0.25, -0.2) is 9.59 Å². The third-order valence-electron chi connectivity index (χ3n) is 10.7. The molecule has 0 N–H and O–H groups in total. The van der Waals surface area contributed by atoms with Gasteiger partial charge < -0.3 is 47.4 Å². The number of hydrogen-bond donors (Lipinski definition) is 0. The van der Waals surface area contributed by atoms with Gasteiger partial charge in [0.25, 0.3) is 0 Å². The lowest BCUT2D eigenvalue weighted by Gasteiger charge is -2.19. The fourth-order valence-electron chi connectivity index (χ4n) is 6.87. The van der Waals surface area contributed by atoms with Gasteiger partial charge >= 0.3 is 11.9 Å². The van der Waals surface area contributed by atoms with Crippen LogP contribution in [-0.4, -0.2) is 117 Å². The Bertz CT molecular complexity index is 1070. The summed E-state index contributed by atoms with van der Waals surface area (Å²) in [5.74, 6) is -1.26. The Kier molecular flexibility index (Phi) is 44.3. The number of hydrogen-bond acceptors (Lipinski definition) is 12. The van der Waals surface area contributed by atoms with Crippen molar-refractivity contribution in [3.8, 4) is 0 Å². The largest absolute Gasteiger partial charge is 0.460 e. The molecule has 0 fully saturated rings. The molecule has 1 aromatic rings. The Morgan fingerprint density at radius 2 is 0.641 bits per heavy atom. The summed E-state index contributed by atoms with van der Waals surface area (Å²) in [6.07, 6.45) is 28.0. The summed E-state index contributed by atoms with van der Waals surface area (Å²) < 4.78 is 58.0. The molecule has 12 nitrogen and oxygen atoms in total. The summed E-state index contributed by atoms with van der Waals surface area (Å²) in [7, 11) is 0. The van der Waals surface area contributed by atoms with Crippen LogP contribution in [0.25, 0.3) is 0 Å². The second-order valence-electron chi connectivity index (χ2n) is 16.6. The van der Waals surface area contributed by atoms with Gasteiger partial charge in [-0.1, -0.05) is 168 Å². The predicted molar refractivity (Wildman–Crippen MR) is 255 cm³/mol. The number of esters is 2. The van der Waals surface area contributed by atoms with E-state index in [0.29, 0.717) is 66.1 Å². The van der Waals surface area contributed by atoms with Crippen molar-refractivity contribution in [2.45, 2.75) is 194 Å². The molecule has 0 bridgehead atoms. The number of carbonyl (C=O) groups is 2. The van der Waals surface area contributed by atoms with Crippen molar-refractivity contribution in [3.05, 3.63) is 35.4 Å². The minimum absolute atomic E-state index is 0.0215. The van der Waals surface area contributed by atoms with E-state index >= 15 is 0 Å². The monoisotopic (exact) mass is 911 g/mol. The molecule has 64 heavy (non-hydrogen) atoms. The van der Waals surface area contributed by atoms with Gasteiger partial charge in [-0.15, -0.1) is 0 Å². The van der Waals surface area contributed by atoms with Crippen LogP contribution in [0.1, 0.15) is 203 Å². The Morgan fingerprint density at radius 1 is 0.344 bits per heavy atom. The molecule has 374 valence electrons. The van der Waals surface area contributed by atoms with Crippen molar-refractivity contribution < 1.29 is 57.0 Å². The van der Waals surface area contributed by atoms with Crippen LogP contribution in [0.4, 0.5) is 0 Å². The molecular weight excluding hydrogens is 817 g/mol. The molecule has 0 amide bonds. The number of rotatable bonds is 50. The lowest BCUT2D eigenvalue weighted by atomic mass is 10.1. The standard InChI is InChI=1S/C52H94O12/c1-5-9-13-17-21-27-33-57-45-49(59-35-29-23-19-15-11-7-3)61-41-37-55-39-43-63-51(53)47-31-25-26-32-48(47)52(54)64-44-40-56-38-42-62-50(60-36-30-24-20-16-12-8-4)46-58-34-28-22-18-14-10-6-2/h25-26,31-32,49-50H,5-24,27-30,33-46H2,1-4H3. The average molecular weight is 911 g/mol. The number of unbranched alkanes of at least 4 members (excludes halogenated alkanes) is 20. The van der Waals surface area contributed by atoms with E-state index in [1.54, 1.807) is 24.3 Å². The second-order valence-corrected chi connectivity index (χ2v) is 16.6. The zero-order valence-electron chi connectivity index (χ0n) is 41.2. The molecule has 0 saturated heterocycles. The number of carbonyl (C=O) groups excluding carboxylic acids is 2. The molecule has 0 aromatic heterocycles. The third kappa shape index (κ3) is 37.0. The Hall–Kier alpha value is -2.16. The van der Waals surface area contributed by atoms with Crippen LogP contribution in [-0.2, 0) is 47.4 Å². The first-order valence-corrected chi connectivity index (χ1v) is 25.8. The van der Waals surface area contributed by atoms with E-state index in [9.17, 15) is 9.59 Å². The highest BCUT2D eigenvalue weighted by Crippen LogP contribution is 2.13. The first-order chi connectivity index (χ1) is 31.6. The Labute approximate surface area is 390 Å². The summed E-state index contributed by atoms with van der Waals surface area (Å²) in [6.45, 7) is 14.0. The minimum atomic E-state index is -0.629. The maximum Gasteiger partial charge on any atom is 0.339 e. The first-order valence-electron chi connectivity index (χ1n) is 25.8. The summed E-state index contributed by atoms with van der Waals surface area (Å²) >= 11 is 0. The topological polar surface area (TPSA) is 126 Å². The summed E-state index contributed by atoms with van der Waals surface area (Å²) in [6, 6.07) is 6.45. The van der Waals surface area contributed by atoms with Crippen LogP contribution in [0, 0.1) is 0 Å². The summed E-state index contributed by atoms with van der Waals surface area (Å²) in [5.41, 5.74) is 0.254. The third-order valence-corrected chi connectivity index (χ3v) is 10.7. The summed E-state index contributed by atoms with van der Waals surface area (Å²) in [5, 5.41) is 0. The molecule has 0 radical (unpaired) electrons. The molecule has 2 atom stereocenters. The average Bonchev–Trinajstić information content (AvgIpc) is 3.31. The quantitative estimate of drug-likeness (QED) is 0.0351. The van der Waals surface area contributed by atoms with Gasteiger partial charge in [0.15, 0.2) is 12.6 Å². The van der Waals surface area contributed by atoms with Crippen molar-refractivity contribution in [1.29, 1.82) is 0 Å². The normalized spacial score (nSPS) is 12.4. The van der Waals surface area contributed by atoms with E-state index in [4.69, 9.17) is 47.4 Å². The molecule has 1 aromatic carbocycles. The van der Waals surface area contributed by atoms with Gasteiger partial charge in [0.1, 0.15) is 13.2 Å². The maximum atomic E-state index is 12.9. The molecule has 2 unspecified atom stereocenters. The fourth-order valence-corrected chi connectivity index (χ4v) is 6.87. The highest BCUT2D eigenvalue weighted by atomic mass is 16.7. The molecule has 0 aliphatic heterocycles. The van der Waals surface area contributed by atoms with Crippen molar-refractivity contribution >= 4 is 11.9 Å². The highest BCUT2D eigenvalue weighted by Gasteiger charge is 2.19. The number of ether oxygens (including phenoxy) is 10. The van der Waals surface area contributed by atoms with Crippen LogP contribution in [0.5, 0.6) is 0 Å². The molecule has 12 heteroatoms. The molecule has 0 aliphatic carbocycles. The molecule has 0 aliphatic rings. The molecule has 0 heterocycles. The zero-order chi connectivity index (χ0) is 46.2. The molecule has 0 spiro atoms. The van der Waals surface area contributed by atoms with Gasteiger partial charge in [0.05, 0.1) is 64.0 Å². The fraction of sp³-hybridized carbons (Fsp3) is 0.846. The SMILES string of the molecule is CCCCCCCCOCC(OCCCCCCCC)OCCOCCOC(=O)c1ccccc1C(=O)OCCOCCOC(COCCCCCCCC)OCCCCCCCC. The van der Waals surface area contributed by atoms with Gasteiger partial charge in [0.2, 0.25) is 0 Å². The van der Waals surface area contributed by atoms with Gasteiger partial charge in [-0.05, 0) is 37.8 Å². The van der Waals surface area contributed by atoms with Crippen LogP contribution < -0.4 is 0 Å². The van der Waals surface area contributed by atoms with Crippen molar-refractivity contribution in [2.24, 2.45) is 0 Å². The lowest BCUT2D eigenvalue weighted by Crippen LogP contribution is -2.26. The predicted octanol–water partition coefficient (Wildman–Crippen LogP) is 12.2. The van der Waals surface area contributed by atoms with E-state index in [2.05, 4.69) is 27.7 Å². The van der Waals surface area contributed by atoms with Gasteiger partial charge in [0, 0.05) is 26.4 Å². The van der Waals surface area contributed by atoms with E-state index < -0.39 is 24.5 Å². The number of benzene rings is 1. The Morgan fingerprint density at radius 3 is 1.00 bits per heavy atom. The van der Waals surface area contributed by atoms with Crippen molar-refractivity contribution in [3.63, 3.8) is 0 Å². The molecule has 0 saturated carbocycles. The highest BCUT2D eigenvalue weighted by molar-refractivity contribution is 6.03. The van der Waals surface area contributed by atoms with Crippen LogP contribution in [0.15, 0.2) is 24.3 Å².